The number of nitrogens with one attached hydrogen (secondary N) is 1. The second kappa shape index (κ2) is 4.00. The second-order valence-electron chi connectivity index (χ2n) is 3.49. The fourth-order valence-corrected chi connectivity index (χ4v) is 1.73. The first-order valence-electron chi connectivity index (χ1n) is 4.29. The van der Waals surface area contributed by atoms with Gasteiger partial charge in [0.25, 0.3) is 0 Å². The molecule has 2 N–H and O–H groups in total. The van der Waals surface area contributed by atoms with E-state index in [0.29, 0.717) is 5.70 Å². The first kappa shape index (κ1) is 11.7. The lowest BCUT2D eigenvalue weighted by Crippen LogP contribution is -2.51. The van der Waals surface area contributed by atoms with Crippen LogP contribution in [0.2, 0.25) is 0 Å². The van der Waals surface area contributed by atoms with Crippen molar-refractivity contribution in [1.82, 2.24) is 5.32 Å². The van der Waals surface area contributed by atoms with Crippen LogP contribution in [0.25, 0.3) is 0 Å². The van der Waals surface area contributed by atoms with Crippen molar-refractivity contribution in [3.63, 3.8) is 0 Å². The van der Waals surface area contributed by atoms with E-state index in [-0.39, 0.29) is 6.42 Å². The van der Waals surface area contributed by atoms with Crippen molar-refractivity contribution in [2.45, 2.75) is 18.9 Å². The van der Waals surface area contributed by atoms with Gasteiger partial charge in [0.1, 0.15) is 5.54 Å². The molecule has 1 heterocycles. The van der Waals surface area contributed by atoms with Gasteiger partial charge in [0, 0.05) is 6.42 Å². The number of carbonyl (C=O) groups excluding carboxylic acids is 1. The molecule has 0 spiro atoms. The van der Waals surface area contributed by atoms with Gasteiger partial charge in [-0.3, -0.25) is 4.79 Å². The van der Waals surface area contributed by atoms with Crippen LogP contribution in [-0.2, 0) is 14.3 Å². The van der Waals surface area contributed by atoms with Crippen LogP contribution >= 0.6 is 12.2 Å². The molecule has 15 heavy (non-hydrogen) atoms. The molecule has 0 aromatic carbocycles. The SMILES string of the molecule is COC(=O)C1CC(=C=S)N[C@]1(C)C(=O)O. The fourth-order valence-electron chi connectivity index (χ4n) is 1.59. The molecule has 1 fully saturated rings. The minimum Gasteiger partial charge on any atom is -0.479 e. The number of carbonyl (C=O) groups is 2. The molecule has 0 saturated carbocycles. The minimum absolute atomic E-state index is 0.221. The maximum atomic E-state index is 11.4. The van der Waals surface area contributed by atoms with Gasteiger partial charge in [-0.15, -0.1) is 0 Å². The van der Waals surface area contributed by atoms with Crippen LogP contribution in [0.1, 0.15) is 13.3 Å². The average Bonchev–Trinajstić information content (AvgIpc) is 2.56. The van der Waals surface area contributed by atoms with Gasteiger partial charge in [-0.2, -0.15) is 0 Å². The largest absolute Gasteiger partial charge is 0.479 e. The van der Waals surface area contributed by atoms with Gasteiger partial charge in [0.15, 0.2) is 0 Å². The summed E-state index contributed by atoms with van der Waals surface area (Å²) >= 11 is 4.58. The highest BCUT2D eigenvalue weighted by Gasteiger charge is 2.51. The molecule has 0 aromatic heterocycles. The van der Waals surface area contributed by atoms with E-state index in [1.165, 1.54) is 14.0 Å². The lowest BCUT2D eigenvalue weighted by Gasteiger charge is -2.24. The third-order valence-corrected chi connectivity index (χ3v) is 2.82. The number of ether oxygens (including phenoxy) is 1. The summed E-state index contributed by atoms with van der Waals surface area (Å²) in [6.45, 7) is 1.43. The van der Waals surface area contributed by atoms with Crippen molar-refractivity contribution in [3.8, 4) is 0 Å². The molecule has 1 aliphatic rings. The highest BCUT2D eigenvalue weighted by Crippen LogP contribution is 2.32. The number of hydrogen-bond donors (Lipinski definition) is 2. The summed E-state index contributed by atoms with van der Waals surface area (Å²) in [7, 11) is 1.23. The smallest absolute Gasteiger partial charge is 0.329 e. The zero-order valence-electron chi connectivity index (χ0n) is 8.36. The Morgan fingerprint density at radius 3 is 2.73 bits per heavy atom. The van der Waals surface area contributed by atoms with Crippen molar-refractivity contribution in [2.75, 3.05) is 7.11 Å². The number of thiocarbonyl (C=S) groups is 1. The van der Waals surface area contributed by atoms with Crippen LogP contribution in [0, 0.1) is 5.92 Å². The number of hydrogen-bond acceptors (Lipinski definition) is 5. The number of carboxylic acid groups (broad SMARTS) is 1. The average molecular weight is 229 g/mol. The van der Waals surface area contributed by atoms with E-state index in [1.54, 1.807) is 0 Å². The van der Waals surface area contributed by atoms with Crippen LogP contribution in [0.4, 0.5) is 0 Å². The molecule has 0 amide bonds. The predicted molar refractivity (Wildman–Crippen MR) is 55.4 cm³/mol. The molecular weight excluding hydrogens is 218 g/mol. The van der Waals surface area contributed by atoms with Crippen LogP contribution in [0.3, 0.4) is 0 Å². The van der Waals surface area contributed by atoms with Gasteiger partial charge in [-0.05, 0) is 24.2 Å². The molecule has 1 rings (SSSR count). The maximum absolute atomic E-state index is 11.4. The van der Waals surface area contributed by atoms with E-state index in [9.17, 15) is 9.59 Å². The maximum Gasteiger partial charge on any atom is 0.329 e. The van der Waals surface area contributed by atoms with Crippen molar-refractivity contribution >= 4 is 29.2 Å². The zero-order chi connectivity index (χ0) is 11.6. The standard InChI is InChI=1S/C9H11NO4S/c1-9(8(12)13)6(7(11)14-2)3-5(4-15)10-9/h6,10H,3H2,1-2H3,(H,12,13)/t6?,9-/m0/s1. The molecule has 0 bridgehead atoms. The Balaban J connectivity index is 3.08. The van der Waals surface area contributed by atoms with E-state index in [4.69, 9.17) is 5.11 Å². The Kier molecular flexibility index (Phi) is 3.12. The van der Waals surface area contributed by atoms with Crippen LogP contribution < -0.4 is 5.32 Å². The van der Waals surface area contributed by atoms with Crippen molar-refractivity contribution in [3.05, 3.63) is 5.70 Å². The third kappa shape index (κ3) is 1.86. The first-order valence-corrected chi connectivity index (χ1v) is 4.70. The molecule has 1 aliphatic heterocycles. The quantitative estimate of drug-likeness (QED) is 0.516. The fraction of sp³-hybridized carbons (Fsp3) is 0.556. The molecular formula is C9H11NO4S. The monoisotopic (exact) mass is 229 g/mol. The topological polar surface area (TPSA) is 75.6 Å². The van der Waals surface area contributed by atoms with Crippen LogP contribution in [-0.4, -0.2) is 34.7 Å². The highest BCUT2D eigenvalue weighted by molar-refractivity contribution is 7.78. The summed E-state index contributed by atoms with van der Waals surface area (Å²) in [6, 6.07) is 0. The Morgan fingerprint density at radius 2 is 2.33 bits per heavy atom. The van der Waals surface area contributed by atoms with Crippen molar-refractivity contribution in [2.24, 2.45) is 5.92 Å². The van der Waals surface area contributed by atoms with Crippen LogP contribution in [0.5, 0.6) is 0 Å². The van der Waals surface area contributed by atoms with E-state index >= 15 is 0 Å². The molecule has 5 nitrogen and oxygen atoms in total. The van der Waals surface area contributed by atoms with Crippen molar-refractivity contribution in [1.29, 1.82) is 0 Å². The molecule has 0 radical (unpaired) electrons. The number of carboxylic acids is 1. The van der Waals surface area contributed by atoms with Crippen LogP contribution in [0.15, 0.2) is 5.70 Å². The van der Waals surface area contributed by atoms with Gasteiger partial charge in [0.2, 0.25) is 0 Å². The van der Waals surface area contributed by atoms with E-state index < -0.39 is 23.4 Å². The summed E-state index contributed by atoms with van der Waals surface area (Å²) < 4.78 is 4.56. The zero-order valence-corrected chi connectivity index (χ0v) is 9.18. The van der Waals surface area contributed by atoms with E-state index in [1.807, 2.05) is 0 Å². The summed E-state index contributed by atoms with van der Waals surface area (Å²) in [6.07, 6.45) is 0.221. The molecule has 82 valence electrons. The van der Waals surface area contributed by atoms with E-state index in [0.717, 1.165) is 0 Å². The van der Waals surface area contributed by atoms with Gasteiger partial charge in [-0.25, -0.2) is 4.79 Å². The summed E-state index contributed by atoms with van der Waals surface area (Å²) in [5.74, 6) is -2.45. The normalized spacial score (nSPS) is 29.2. The molecule has 0 aliphatic carbocycles. The molecule has 6 heteroatoms. The summed E-state index contributed by atoms with van der Waals surface area (Å²) in [4.78, 5) is 22.5. The number of rotatable bonds is 2. The predicted octanol–water partition coefficient (Wildman–Crippen LogP) is 0.0947. The minimum atomic E-state index is -1.37. The number of allylic oxidation sites excluding steroid dienone is 1. The van der Waals surface area contributed by atoms with Gasteiger partial charge >= 0.3 is 11.9 Å². The Bertz CT molecular complexity index is 361. The molecule has 2 atom stereocenters. The molecule has 1 unspecified atom stereocenters. The second-order valence-corrected chi connectivity index (χ2v) is 3.70. The Morgan fingerprint density at radius 1 is 1.73 bits per heavy atom. The summed E-state index contributed by atoms with van der Waals surface area (Å²) in [5, 5.41) is 14.1. The Labute approximate surface area is 92.1 Å². The van der Waals surface area contributed by atoms with Gasteiger partial charge < -0.3 is 15.2 Å². The number of aliphatic carboxylic acids is 1. The summed E-state index contributed by atoms with van der Waals surface area (Å²) in [5.41, 5.74) is -0.917. The first-order chi connectivity index (χ1) is 6.95. The number of esters is 1. The molecule has 0 aromatic rings. The lowest BCUT2D eigenvalue weighted by molar-refractivity contribution is -0.156. The van der Waals surface area contributed by atoms with Gasteiger partial charge in [-0.1, -0.05) is 0 Å². The van der Waals surface area contributed by atoms with Gasteiger partial charge in [0.05, 0.1) is 18.7 Å². The van der Waals surface area contributed by atoms with Crippen molar-refractivity contribution < 1.29 is 19.4 Å². The highest BCUT2D eigenvalue weighted by atomic mass is 32.1. The number of methoxy groups -OCH3 is 1. The Hall–Kier alpha value is -1.39. The van der Waals surface area contributed by atoms with E-state index in [2.05, 4.69) is 27.3 Å². The molecule has 1 saturated heterocycles. The third-order valence-electron chi connectivity index (χ3n) is 2.57. The lowest BCUT2D eigenvalue weighted by atomic mass is 9.87.